The second kappa shape index (κ2) is 2.92. The van der Waals surface area contributed by atoms with Crippen LogP contribution in [0.1, 0.15) is 26.7 Å². The fourth-order valence-electron chi connectivity index (χ4n) is 1.51. The molecule has 0 aromatic heterocycles. The van der Waals surface area contributed by atoms with Crippen molar-refractivity contribution in [1.29, 1.82) is 0 Å². The lowest BCUT2D eigenvalue weighted by Gasteiger charge is -2.37. The second-order valence-electron chi connectivity index (χ2n) is 3.41. The van der Waals surface area contributed by atoms with Crippen LogP contribution >= 0.6 is 0 Å². The van der Waals surface area contributed by atoms with Gasteiger partial charge in [-0.2, -0.15) is 0 Å². The van der Waals surface area contributed by atoms with E-state index in [4.69, 9.17) is 0 Å². The van der Waals surface area contributed by atoms with Gasteiger partial charge in [-0.1, -0.05) is 12.2 Å². The first kappa shape index (κ1) is 8.69. The highest BCUT2D eigenvalue weighted by molar-refractivity contribution is 4.97. The molecule has 0 unspecified atom stereocenters. The van der Waals surface area contributed by atoms with Gasteiger partial charge in [-0.15, -0.1) is 0 Å². The first-order chi connectivity index (χ1) is 5.04. The molecule has 0 radical (unpaired) electrons. The summed E-state index contributed by atoms with van der Waals surface area (Å²) in [5, 5.41) is 0. The van der Waals surface area contributed by atoms with Crippen LogP contribution in [0, 0.1) is 11.8 Å². The van der Waals surface area contributed by atoms with Crippen LogP contribution in [0.15, 0.2) is 12.2 Å². The third kappa shape index (κ3) is 2.01. The smallest absolute Gasteiger partial charge is 0.207 e. The van der Waals surface area contributed by atoms with Crippen LogP contribution < -0.4 is 0 Å². The van der Waals surface area contributed by atoms with E-state index in [1.807, 2.05) is 19.1 Å². The SMILES string of the molecule is CC=CC1CC(C(C)(F)F)C1. The standard InChI is InChI=1S/C9H14F2/c1-3-4-7-5-8(6-7)9(2,10)11/h3-4,7-8H,5-6H2,1-2H3. The average molecular weight is 160 g/mol. The molecule has 64 valence electrons. The van der Waals surface area contributed by atoms with E-state index in [1.165, 1.54) is 0 Å². The average Bonchev–Trinajstić information content (AvgIpc) is 1.74. The molecule has 0 spiro atoms. The van der Waals surface area contributed by atoms with Gasteiger partial charge in [0.05, 0.1) is 0 Å². The predicted octanol–water partition coefficient (Wildman–Crippen LogP) is 3.24. The normalized spacial score (nSPS) is 32.4. The maximum atomic E-state index is 12.6. The Hall–Kier alpha value is -0.400. The summed E-state index contributed by atoms with van der Waals surface area (Å²) >= 11 is 0. The van der Waals surface area contributed by atoms with Gasteiger partial charge < -0.3 is 0 Å². The van der Waals surface area contributed by atoms with Gasteiger partial charge in [0.2, 0.25) is 5.92 Å². The van der Waals surface area contributed by atoms with Gasteiger partial charge in [0.25, 0.3) is 0 Å². The summed E-state index contributed by atoms with van der Waals surface area (Å²) in [7, 11) is 0. The van der Waals surface area contributed by atoms with Crippen molar-refractivity contribution >= 4 is 0 Å². The van der Waals surface area contributed by atoms with Crippen LogP contribution in [-0.2, 0) is 0 Å². The van der Waals surface area contributed by atoms with Crippen molar-refractivity contribution < 1.29 is 8.78 Å². The van der Waals surface area contributed by atoms with E-state index >= 15 is 0 Å². The highest BCUT2D eigenvalue weighted by atomic mass is 19.3. The molecule has 1 rings (SSSR count). The summed E-state index contributed by atoms with van der Waals surface area (Å²) in [4.78, 5) is 0. The molecule has 1 aliphatic carbocycles. The molecular weight excluding hydrogens is 146 g/mol. The lowest BCUT2D eigenvalue weighted by Crippen LogP contribution is -2.35. The van der Waals surface area contributed by atoms with Crippen molar-refractivity contribution in [2.45, 2.75) is 32.6 Å². The number of halogens is 2. The molecule has 0 aromatic rings. The number of hydrogen-bond acceptors (Lipinski definition) is 0. The summed E-state index contributed by atoms with van der Waals surface area (Å²) in [6, 6.07) is 0. The van der Waals surface area contributed by atoms with Crippen LogP contribution in [-0.4, -0.2) is 5.92 Å². The fraction of sp³-hybridized carbons (Fsp3) is 0.778. The molecule has 2 heteroatoms. The molecule has 0 nitrogen and oxygen atoms in total. The van der Waals surface area contributed by atoms with Crippen molar-refractivity contribution in [3.63, 3.8) is 0 Å². The third-order valence-electron chi connectivity index (χ3n) is 2.36. The molecular formula is C9H14F2. The molecule has 0 atom stereocenters. The molecule has 0 bridgehead atoms. The summed E-state index contributed by atoms with van der Waals surface area (Å²) < 4.78 is 25.1. The number of alkyl halides is 2. The Bertz CT molecular complexity index is 149. The maximum absolute atomic E-state index is 12.6. The topological polar surface area (TPSA) is 0 Å². The highest BCUT2D eigenvalue weighted by Crippen LogP contribution is 2.44. The fourth-order valence-corrected chi connectivity index (χ4v) is 1.51. The van der Waals surface area contributed by atoms with E-state index in [0.29, 0.717) is 18.8 Å². The van der Waals surface area contributed by atoms with E-state index < -0.39 is 5.92 Å². The second-order valence-corrected chi connectivity index (χ2v) is 3.41. The van der Waals surface area contributed by atoms with Crippen molar-refractivity contribution in [2.75, 3.05) is 0 Å². The van der Waals surface area contributed by atoms with Gasteiger partial charge in [-0.05, 0) is 32.6 Å². The molecule has 0 aromatic carbocycles. The van der Waals surface area contributed by atoms with E-state index in [0.717, 1.165) is 6.92 Å². The van der Waals surface area contributed by atoms with Crippen LogP contribution in [0.2, 0.25) is 0 Å². The van der Waals surface area contributed by atoms with Crippen molar-refractivity contribution in [3.8, 4) is 0 Å². The molecule has 1 fully saturated rings. The lowest BCUT2D eigenvalue weighted by atomic mass is 9.72. The lowest BCUT2D eigenvalue weighted by molar-refractivity contribution is -0.0824. The quantitative estimate of drug-likeness (QED) is 0.544. The van der Waals surface area contributed by atoms with Crippen LogP contribution in [0.5, 0.6) is 0 Å². The minimum atomic E-state index is -2.46. The summed E-state index contributed by atoms with van der Waals surface area (Å²) in [6.45, 7) is 2.95. The largest absolute Gasteiger partial charge is 0.248 e. The van der Waals surface area contributed by atoms with Gasteiger partial charge in [0.15, 0.2) is 0 Å². The monoisotopic (exact) mass is 160 g/mol. The van der Waals surface area contributed by atoms with Gasteiger partial charge in [-0.25, -0.2) is 8.78 Å². The Labute approximate surface area is 66.3 Å². The van der Waals surface area contributed by atoms with E-state index in [9.17, 15) is 8.78 Å². The Morgan fingerprint density at radius 1 is 1.36 bits per heavy atom. The highest BCUT2D eigenvalue weighted by Gasteiger charge is 2.42. The van der Waals surface area contributed by atoms with E-state index in [-0.39, 0.29) is 5.92 Å². The first-order valence-corrected chi connectivity index (χ1v) is 4.04. The molecule has 0 amide bonds. The summed E-state index contributed by atoms with van der Waals surface area (Å²) in [5.41, 5.74) is 0. The van der Waals surface area contributed by atoms with Crippen LogP contribution in [0.3, 0.4) is 0 Å². The Balaban J connectivity index is 2.30. The molecule has 0 aliphatic heterocycles. The molecule has 0 saturated heterocycles. The third-order valence-corrected chi connectivity index (χ3v) is 2.36. The van der Waals surface area contributed by atoms with Crippen LogP contribution in [0.4, 0.5) is 8.78 Å². The Kier molecular flexibility index (Phi) is 2.31. The van der Waals surface area contributed by atoms with Gasteiger partial charge in [0.1, 0.15) is 0 Å². The zero-order valence-electron chi connectivity index (χ0n) is 6.98. The molecule has 1 aliphatic rings. The van der Waals surface area contributed by atoms with Crippen molar-refractivity contribution in [3.05, 3.63) is 12.2 Å². The summed E-state index contributed by atoms with van der Waals surface area (Å²) in [6.07, 6.45) is 5.28. The molecule has 1 saturated carbocycles. The number of allylic oxidation sites excluding steroid dienone is 2. The Morgan fingerprint density at radius 2 is 1.91 bits per heavy atom. The zero-order valence-corrected chi connectivity index (χ0v) is 6.98. The van der Waals surface area contributed by atoms with Gasteiger partial charge >= 0.3 is 0 Å². The molecule has 0 heterocycles. The number of rotatable bonds is 2. The minimum Gasteiger partial charge on any atom is -0.207 e. The van der Waals surface area contributed by atoms with Gasteiger partial charge in [-0.3, -0.25) is 0 Å². The number of hydrogen-bond donors (Lipinski definition) is 0. The van der Waals surface area contributed by atoms with E-state index in [2.05, 4.69) is 0 Å². The molecule has 0 N–H and O–H groups in total. The van der Waals surface area contributed by atoms with E-state index in [1.54, 1.807) is 0 Å². The zero-order chi connectivity index (χ0) is 8.48. The maximum Gasteiger partial charge on any atom is 0.248 e. The van der Waals surface area contributed by atoms with Crippen molar-refractivity contribution in [2.24, 2.45) is 11.8 Å². The Morgan fingerprint density at radius 3 is 2.27 bits per heavy atom. The summed E-state index contributed by atoms with van der Waals surface area (Å²) in [5.74, 6) is -2.42. The first-order valence-electron chi connectivity index (χ1n) is 4.04. The predicted molar refractivity (Wildman–Crippen MR) is 41.6 cm³/mol. The van der Waals surface area contributed by atoms with Gasteiger partial charge in [0, 0.05) is 5.92 Å². The molecule has 11 heavy (non-hydrogen) atoms. The minimum absolute atomic E-state index is 0.372. The van der Waals surface area contributed by atoms with Crippen LogP contribution in [0.25, 0.3) is 0 Å². The van der Waals surface area contributed by atoms with Crippen molar-refractivity contribution in [1.82, 2.24) is 0 Å².